The molecule has 4 rings (SSSR count). The Morgan fingerprint density at radius 3 is 2.71 bits per heavy atom. The molecule has 1 aliphatic rings. The van der Waals surface area contributed by atoms with E-state index in [1.54, 1.807) is 7.11 Å². The minimum absolute atomic E-state index is 0.280. The van der Waals surface area contributed by atoms with Gasteiger partial charge in [-0.25, -0.2) is 9.37 Å². The number of thiazole rings is 1. The van der Waals surface area contributed by atoms with E-state index in [2.05, 4.69) is 41.5 Å². The average Bonchev–Trinajstić information content (AvgIpc) is 3.26. The lowest BCUT2D eigenvalue weighted by molar-refractivity contribution is -0.117. The molecule has 28 heavy (non-hydrogen) atoms. The Morgan fingerprint density at radius 1 is 1.29 bits per heavy atom. The van der Waals surface area contributed by atoms with E-state index >= 15 is 0 Å². The number of methoxy groups -OCH3 is 1. The van der Waals surface area contributed by atoms with Crippen LogP contribution in [-0.2, 0) is 15.1 Å². The van der Waals surface area contributed by atoms with E-state index in [0.717, 1.165) is 26.9 Å². The second-order valence-electron chi connectivity index (χ2n) is 7.79. The molecular formula is C22H23FN2O2S. The number of alkyl halides is 1. The molecule has 0 aliphatic heterocycles. The Balaban J connectivity index is 1.66. The van der Waals surface area contributed by atoms with Crippen molar-refractivity contribution in [3.63, 3.8) is 0 Å². The summed E-state index contributed by atoms with van der Waals surface area (Å²) in [6, 6.07) is 12.5. The van der Waals surface area contributed by atoms with Gasteiger partial charge >= 0.3 is 0 Å². The first-order chi connectivity index (χ1) is 13.3. The Bertz CT molecular complexity index is 1060. The first-order valence-electron chi connectivity index (χ1n) is 9.30. The molecule has 3 aromatic rings. The molecule has 4 nitrogen and oxygen atoms in total. The van der Waals surface area contributed by atoms with Gasteiger partial charge in [0.25, 0.3) is 0 Å². The second kappa shape index (κ2) is 6.94. The molecule has 0 spiro atoms. The molecule has 2 aromatic carbocycles. The summed E-state index contributed by atoms with van der Waals surface area (Å²) in [6.45, 7) is 6.18. The zero-order valence-corrected chi connectivity index (χ0v) is 17.2. The summed E-state index contributed by atoms with van der Waals surface area (Å²) in [7, 11) is 1.71. The van der Waals surface area contributed by atoms with Crippen LogP contribution in [0.2, 0.25) is 0 Å². The number of nitrogens with zero attached hydrogens (tertiary/aromatic N) is 1. The number of ether oxygens (including phenoxy) is 1. The summed E-state index contributed by atoms with van der Waals surface area (Å²) in [4.78, 5) is 16.4. The van der Waals surface area contributed by atoms with Crippen LogP contribution in [0.1, 0.15) is 31.4 Å². The van der Waals surface area contributed by atoms with Crippen molar-refractivity contribution in [3.05, 3.63) is 47.5 Å². The predicted molar refractivity (Wildman–Crippen MR) is 111 cm³/mol. The van der Waals surface area contributed by atoms with Gasteiger partial charge in [-0.05, 0) is 67.6 Å². The quantitative estimate of drug-likeness (QED) is 0.622. The van der Waals surface area contributed by atoms with Crippen molar-refractivity contribution in [2.75, 3.05) is 12.4 Å². The van der Waals surface area contributed by atoms with Crippen molar-refractivity contribution in [3.8, 4) is 11.1 Å². The van der Waals surface area contributed by atoms with Crippen LogP contribution in [0.5, 0.6) is 0 Å². The van der Waals surface area contributed by atoms with Crippen molar-refractivity contribution < 1.29 is 13.9 Å². The Labute approximate surface area is 167 Å². The summed E-state index contributed by atoms with van der Waals surface area (Å²) in [6.07, 6.45) is -0.693. The van der Waals surface area contributed by atoms with Crippen LogP contribution in [0.15, 0.2) is 36.4 Å². The molecule has 1 fully saturated rings. The third-order valence-electron chi connectivity index (χ3n) is 5.42. The van der Waals surface area contributed by atoms with Crippen LogP contribution in [-0.4, -0.2) is 24.2 Å². The summed E-state index contributed by atoms with van der Waals surface area (Å²) in [5, 5.41) is 3.26. The summed E-state index contributed by atoms with van der Waals surface area (Å²) in [5.74, 6) is -0.797. The van der Waals surface area contributed by atoms with E-state index in [1.165, 1.54) is 16.9 Å². The standard InChI is InChI=1S/C22H23FN2O2S/c1-12-5-7-14(22(2,3)27-4)10-15(12)13-6-8-18-19(9-13)28-21(24-18)25-20(26)16-11-17(16)23/h5-10,16-17H,11H2,1-4H3,(H,24,25,26)/t16-,17+/m1/s1. The molecule has 2 atom stereocenters. The van der Waals surface area contributed by atoms with Gasteiger partial charge in [0, 0.05) is 7.11 Å². The monoisotopic (exact) mass is 398 g/mol. The second-order valence-corrected chi connectivity index (χ2v) is 8.82. The smallest absolute Gasteiger partial charge is 0.232 e. The van der Waals surface area contributed by atoms with Crippen LogP contribution < -0.4 is 5.32 Å². The van der Waals surface area contributed by atoms with E-state index in [9.17, 15) is 9.18 Å². The van der Waals surface area contributed by atoms with Crippen molar-refractivity contribution in [1.29, 1.82) is 0 Å². The van der Waals surface area contributed by atoms with Gasteiger partial charge in [0.15, 0.2) is 5.13 Å². The lowest BCUT2D eigenvalue weighted by Crippen LogP contribution is -2.19. The normalized spacial score (nSPS) is 19.0. The molecule has 6 heteroatoms. The van der Waals surface area contributed by atoms with Crippen LogP contribution in [0.25, 0.3) is 21.3 Å². The molecule has 1 amide bonds. The van der Waals surface area contributed by atoms with E-state index in [1.807, 2.05) is 26.0 Å². The summed E-state index contributed by atoms with van der Waals surface area (Å²) in [5.41, 5.74) is 4.97. The third-order valence-corrected chi connectivity index (χ3v) is 6.36. The van der Waals surface area contributed by atoms with E-state index < -0.39 is 12.1 Å². The molecule has 0 bridgehead atoms. The van der Waals surface area contributed by atoms with Gasteiger partial charge in [-0.1, -0.05) is 29.5 Å². The van der Waals surface area contributed by atoms with Crippen molar-refractivity contribution in [2.24, 2.45) is 5.92 Å². The molecule has 0 saturated heterocycles. The van der Waals surface area contributed by atoms with Crippen molar-refractivity contribution >= 4 is 32.6 Å². The van der Waals surface area contributed by atoms with Gasteiger partial charge in [-0.15, -0.1) is 0 Å². The third kappa shape index (κ3) is 3.54. The maximum atomic E-state index is 13.1. The molecule has 1 saturated carbocycles. The predicted octanol–water partition coefficient (Wildman–Crippen LogP) is 5.45. The zero-order chi connectivity index (χ0) is 20.1. The minimum Gasteiger partial charge on any atom is -0.374 e. The van der Waals surface area contributed by atoms with Crippen LogP contribution in [0.3, 0.4) is 0 Å². The maximum Gasteiger partial charge on any atom is 0.232 e. The highest BCUT2D eigenvalue weighted by molar-refractivity contribution is 7.22. The average molecular weight is 399 g/mol. The molecule has 1 heterocycles. The number of hydrogen-bond donors (Lipinski definition) is 1. The number of aryl methyl sites for hydroxylation is 1. The fourth-order valence-electron chi connectivity index (χ4n) is 3.20. The molecule has 0 unspecified atom stereocenters. The molecule has 0 radical (unpaired) electrons. The van der Waals surface area contributed by atoms with E-state index in [0.29, 0.717) is 11.6 Å². The largest absolute Gasteiger partial charge is 0.374 e. The molecule has 1 N–H and O–H groups in total. The Hall–Kier alpha value is -2.31. The molecular weight excluding hydrogens is 375 g/mol. The van der Waals surface area contributed by atoms with Crippen molar-refractivity contribution in [2.45, 2.75) is 39.0 Å². The molecule has 1 aromatic heterocycles. The Morgan fingerprint density at radius 2 is 2.04 bits per heavy atom. The minimum atomic E-state index is -1.01. The van der Waals surface area contributed by atoms with E-state index in [4.69, 9.17) is 4.74 Å². The first-order valence-corrected chi connectivity index (χ1v) is 10.1. The maximum absolute atomic E-state index is 13.1. The molecule has 1 aliphatic carbocycles. The van der Waals surface area contributed by atoms with Crippen molar-refractivity contribution in [1.82, 2.24) is 4.98 Å². The number of aromatic nitrogens is 1. The number of anilines is 1. The van der Waals surface area contributed by atoms with Gasteiger partial charge in [-0.3, -0.25) is 4.79 Å². The van der Waals surface area contributed by atoms with Gasteiger partial charge in [-0.2, -0.15) is 0 Å². The lowest BCUT2D eigenvalue weighted by Gasteiger charge is -2.24. The lowest BCUT2D eigenvalue weighted by atomic mass is 9.91. The number of rotatable bonds is 5. The number of fused-ring (bicyclic) bond motifs is 1. The van der Waals surface area contributed by atoms with Gasteiger partial charge in [0.1, 0.15) is 6.17 Å². The van der Waals surface area contributed by atoms with E-state index in [-0.39, 0.29) is 11.5 Å². The number of amides is 1. The Kier molecular flexibility index (Phi) is 4.71. The highest BCUT2D eigenvalue weighted by Crippen LogP contribution is 2.37. The van der Waals surface area contributed by atoms with Crippen LogP contribution >= 0.6 is 11.3 Å². The number of carbonyl (C=O) groups is 1. The fraction of sp³-hybridized carbons (Fsp3) is 0.364. The SMILES string of the molecule is COC(C)(C)c1ccc(C)c(-c2ccc3nc(NC(=O)[C@@H]4C[C@@H]4F)sc3c2)c1. The van der Waals surface area contributed by atoms with Gasteiger partial charge < -0.3 is 10.1 Å². The number of hydrogen-bond acceptors (Lipinski definition) is 4. The first kappa shape index (κ1) is 19.0. The van der Waals surface area contributed by atoms with Gasteiger partial charge in [0.2, 0.25) is 5.91 Å². The number of nitrogens with one attached hydrogen (secondary N) is 1. The zero-order valence-electron chi connectivity index (χ0n) is 16.4. The van der Waals surface area contributed by atoms with Gasteiger partial charge in [0.05, 0.1) is 21.7 Å². The summed E-state index contributed by atoms with van der Waals surface area (Å²) < 4.78 is 19.7. The van der Waals surface area contributed by atoms with Crippen LogP contribution in [0.4, 0.5) is 9.52 Å². The number of benzene rings is 2. The highest BCUT2D eigenvalue weighted by Gasteiger charge is 2.43. The summed E-state index contributed by atoms with van der Waals surface area (Å²) >= 11 is 1.41. The molecule has 146 valence electrons. The number of carbonyl (C=O) groups excluding carboxylic acids is 1. The van der Waals surface area contributed by atoms with Crippen LogP contribution in [0, 0.1) is 12.8 Å². The topological polar surface area (TPSA) is 51.2 Å². The fourth-order valence-corrected chi connectivity index (χ4v) is 4.11. The number of halogens is 1. The highest BCUT2D eigenvalue weighted by atomic mass is 32.1.